The molecule has 0 aliphatic rings. The summed E-state index contributed by atoms with van der Waals surface area (Å²) in [6, 6.07) is 9.67. The molecule has 0 saturated heterocycles. The average Bonchev–Trinajstić information content (AvgIpc) is 2.80. The highest BCUT2D eigenvalue weighted by Gasteiger charge is 2.18. The molecule has 100 valence electrons. The van der Waals surface area contributed by atoms with Crippen LogP contribution < -0.4 is 11.1 Å². The normalized spacial score (nSPS) is 12.1. The van der Waals surface area contributed by atoms with Crippen molar-refractivity contribution in [3.63, 3.8) is 0 Å². The Morgan fingerprint density at radius 2 is 2.11 bits per heavy atom. The molecule has 1 heterocycles. The number of nitrogen functional groups attached to an aromatic ring is 1. The summed E-state index contributed by atoms with van der Waals surface area (Å²) in [7, 11) is 0. The van der Waals surface area contributed by atoms with Crippen molar-refractivity contribution in [1.29, 1.82) is 0 Å². The summed E-state index contributed by atoms with van der Waals surface area (Å²) in [4.78, 5) is 12.1. The number of aryl methyl sites for hydroxylation is 1. The molecule has 0 spiro atoms. The van der Waals surface area contributed by atoms with Crippen molar-refractivity contribution in [2.24, 2.45) is 0 Å². The molecule has 0 fully saturated rings. The number of benzene rings is 1. The van der Waals surface area contributed by atoms with Crippen LogP contribution in [0.4, 0.5) is 5.69 Å². The Hall–Kier alpha value is -2.30. The number of aromatic nitrogens is 2. The Bertz CT molecular complexity index is 562. The van der Waals surface area contributed by atoms with Gasteiger partial charge in [-0.3, -0.25) is 9.89 Å². The number of nitrogens with two attached hydrogens (primary N) is 1. The molecule has 2 aromatic rings. The Kier molecular flexibility index (Phi) is 3.85. The summed E-state index contributed by atoms with van der Waals surface area (Å²) >= 11 is 0. The van der Waals surface area contributed by atoms with Crippen LogP contribution in [-0.4, -0.2) is 16.1 Å². The monoisotopic (exact) mass is 258 g/mol. The number of H-pyrrole nitrogens is 1. The van der Waals surface area contributed by atoms with Crippen LogP contribution in [0.2, 0.25) is 0 Å². The van der Waals surface area contributed by atoms with E-state index >= 15 is 0 Å². The zero-order valence-corrected chi connectivity index (χ0v) is 11.1. The number of hydrogen-bond acceptors (Lipinski definition) is 3. The van der Waals surface area contributed by atoms with Crippen LogP contribution in [0.25, 0.3) is 0 Å². The summed E-state index contributed by atoms with van der Waals surface area (Å²) in [5.41, 5.74) is 8.40. The third-order valence-electron chi connectivity index (χ3n) is 3.10. The van der Waals surface area contributed by atoms with Crippen LogP contribution in [0.1, 0.15) is 41.6 Å². The Labute approximate surface area is 112 Å². The van der Waals surface area contributed by atoms with Gasteiger partial charge in [-0.2, -0.15) is 5.10 Å². The smallest absolute Gasteiger partial charge is 0.274 e. The first-order valence-electron chi connectivity index (χ1n) is 6.32. The predicted octanol–water partition coefficient (Wildman–Crippen LogP) is 2.05. The second-order valence-corrected chi connectivity index (χ2v) is 4.42. The zero-order chi connectivity index (χ0) is 13.8. The lowest BCUT2D eigenvalue weighted by atomic mass is 10.1. The number of nitrogens with one attached hydrogen (secondary N) is 2. The highest BCUT2D eigenvalue weighted by Crippen LogP contribution is 2.16. The molecule has 5 nitrogen and oxygen atoms in total. The minimum Gasteiger partial charge on any atom is -0.395 e. The first kappa shape index (κ1) is 13.1. The minimum atomic E-state index is -0.259. The van der Waals surface area contributed by atoms with Crippen molar-refractivity contribution in [3.8, 4) is 0 Å². The number of nitrogens with zero attached hydrogens (tertiary/aromatic N) is 1. The highest BCUT2D eigenvalue weighted by molar-refractivity contribution is 5.97. The van der Waals surface area contributed by atoms with E-state index in [1.54, 1.807) is 0 Å². The lowest BCUT2D eigenvalue weighted by molar-refractivity contribution is 0.0935. The number of carbonyl (C=O) groups is 1. The molecular weight excluding hydrogens is 240 g/mol. The van der Waals surface area contributed by atoms with Crippen molar-refractivity contribution in [2.75, 3.05) is 5.73 Å². The molecule has 0 aliphatic heterocycles. The van der Waals surface area contributed by atoms with E-state index in [0.29, 0.717) is 5.69 Å². The standard InChI is InChI=1S/C14H18N4O/c1-3-11-12(15)13(18-17-11)14(19)16-9(2)10-7-5-4-6-8-10/h4-9H,3,15H2,1-2H3,(H,16,19)(H,17,18)/t9-/m1/s1. The molecule has 0 bridgehead atoms. The number of hydrogen-bond donors (Lipinski definition) is 3. The van der Waals surface area contributed by atoms with Gasteiger partial charge in [0.2, 0.25) is 0 Å². The maximum atomic E-state index is 12.1. The van der Waals surface area contributed by atoms with Crippen LogP contribution in [0.3, 0.4) is 0 Å². The second kappa shape index (κ2) is 5.56. The van der Waals surface area contributed by atoms with Gasteiger partial charge in [-0.25, -0.2) is 0 Å². The Morgan fingerprint density at radius 1 is 1.42 bits per heavy atom. The van der Waals surface area contributed by atoms with Crippen molar-refractivity contribution in [3.05, 3.63) is 47.3 Å². The van der Waals surface area contributed by atoms with Gasteiger partial charge in [-0.05, 0) is 18.9 Å². The largest absolute Gasteiger partial charge is 0.395 e. The SMILES string of the molecule is CCc1[nH]nc(C(=O)N[C@H](C)c2ccccc2)c1N. The van der Waals surface area contributed by atoms with Gasteiger partial charge < -0.3 is 11.1 Å². The molecule has 0 aliphatic carbocycles. The molecule has 0 saturated carbocycles. The van der Waals surface area contributed by atoms with E-state index in [1.165, 1.54) is 0 Å². The number of anilines is 1. The zero-order valence-electron chi connectivity index (χ0n) is 11.1. The van der Waals surface area contributed by atoms with Crippen molar-refractivity contribution >= 4 is 11.6 Å². The summed E-state index contributed by atoms with van der Waals surface area (Å²) in [5, 5.41) is 9.64. The third-order valence-corrected chi connectivity index (χ3v) is 3.10. The van der Waals surface area contributed by atoms with E-state index in [1.807, 2.05) is 44.2 Å². The molecule has 1 aromatic heterocycles. The fourth-order valence-corrected chi connectivity index (χ4v) is 1.92. The van der Waals surface area contributed by atoms with Gasteiger partial charge in [0, 0.05) is 0 Å². The van der Waals surface area contributed by atoms with Gasteiger partial charge in [0.1, 0.15) is 0 Å². The molecule has 1 aromatic carbocycles. The maximum absolute atomic E-state index is 12.1. The van der Waals surface area contributed by atoms with E-state index in [9.17, 15) is 4.79 Å². The van der Waals surface area contributed by atoms with Crippen LogP contribution in [0.15, 0.2) is 30.3 Å². The summed E-state index contributed by atoms with van der Waals surface area (Å²) in [5.74, 6) is -0.259. The lowest BCUT2D eigenvalue weighted by Crippen LogP contribution is -2.27. The average molecular weight is 258 g/mol. The minimum absolute atomic E-state index is 0.0881. The quantitative estimate of drug-likeness (QED) is 0.784. The number of carbonyl (C=O) groups excluding carboxylic acids is 1. The fourth-order valence-electron chi connectivity index (χ4n) is 1.92. The van der Waals surface area contributed by atoms with Gasteiger partial charge in [-0.15, -0.1) is 0 Å². The summed E-state index contributed by atoms with van der Waals surface area (Å²) in [6.07, 6.45) is 0.723. The summed E-state index contributed by atoms with van der Waals surface area (Å²) < 4.78 is 0. The topological polar surface area (TPSA) is 83.8 Å². The van der Waals surface area contributed by atoms with Gasteiger partial charge in [0.15, 0.2) is 5.69 Å². The first-order chi connectivity index (χ1) is 9.13. The third kappa shape index (κ3) is 2.76. The van der Waals surface area contributed by atoms with Gasteiger partial charge in [-0.1, -0.05) is 37.3 Å². The second-order valence-electron chi connectivity index (χ2n) is 4.42. The molecular formula is C14H18N4O. The van der Waals surface area contributed by atoms with Gasteiger partial charge in [0.05, 0.1) is 17.4 Å². The van der Waals surface area contributed by atoms with E-state index in [0.717, 1.165) is 17.7 Å². The molecule has 19 heavy (non-hydrogen) atoms. The highest BCUT2D eigenvalue weighted by atomic mass is 16.2. The van der Waals surface area contributed by atoms with Gasteiger partial charge in [0.25, 0.3) is 5.91 Å². The van der Waals surface area contributed by atoms with Crippen LogP contribution in [0, 0.1) is 0 Å². The van der Waals surface area contributed by atoms with Crippen LogP contribution in [0.5, 0.6) is 0 Å². The Morgan fingerprint density at radius 3 is 2.68 bits per heavy atom. The lowest BCUT2D eigenvalue weighted by Gasteiger charge is -2.13. The predicted molar refractivity (Wildman–Crippen MR) is 74.7 cm³/mol. The number of aromatic amines is 1. The van der Waals surface area contributed by atoms with Crippen molar-refractivity contribution in [2.45, 2.75) is 26.3 Å². The van der Waals surface area contributed by atoms with E-state index in [-0.39, 0.29) is 17.6 Å². The number of amides is 1. The van der Waals surface area contributed by atoms with Crippen LogP contribution in [-0.2, 0) is 6.42 Å². The molecule has 0 unspecified atom stereocenters. The molecule has 1 atom stereocenters. The van der Waals surface area contributed by atoms with E-state index in [4.69, 9.17) is 5.73 Å². The summed E-state index contributed by atoms with van der Waals surface area (Å²) in [6.45, 7) is 3.88. The molecule has 2 rings (SSSR count). The van der Waals surface area contributed by atoms with Crippen molar-refractivity contribution in [1.82, 2.24) is 15.5 Å². The fraction of sp³-hybridized carbons (Fsp3) is 0.286. The maximum Gasteiger partial charge on any atom is 0.274 e. The molecule has 5 heteroatoms. The van der Waals surface area contributed by atoms with E-state index < -0.39 is 0 Å². The molecule has 4 N–H and O–H groups in total. The Balaban J connectivity index is 2.11. The molecule has 1 amide bonds. The van der Waals surface area contributed by atoms with Gasteiger partial charge >= 0.3 is 0 Å². The van der Waals surface area contributed by atoms with Crippen LogP contribution >= 0.6 is 0 Å². The van der Waals surface area contributed by atoms with E-state index in [2.05, 4.69) is 15.5 Å². The molecule has 0 radical (unpaired) electrons. The van der Waals surface area contributed by atoms with Crippen molar-refractivity contribution < 1.29 is 4.79 Å². The number of rotatable bonds is 4. The first-order valence-corrected chi connectivity index (χ1v) is 6.32.